The van der Waals surface area contributed by atoms with Gasteiger partial charge < -0.3 is 14.4 Å². The van der Waals surface area contributed by atoms with E-state index in [9.17, 15) is 13.0 Å². The van der Waals surface area contributed by atoms with E-state index in [1.807, 2.05) is 27.8 Å². The number of hydrogen-bond acceptors (Lipinski definition) is 10. The predicted molar refractivity (Wildman–Crippen MR) is 185 cm³/mol. The van der Waals surface area contributed by atoms with Crippen molar-refractivity contribution in [2.24, 2.45) is 7.05 Å². The van der Waals surface area contributed by atoms with E-state index in [-0.39, 0.29) is 0 Å². The summed E-state index contributed by atoms with van der Waals surface area (Å²) < 4.78 is 33.2. The van der Waals surface area contributed by atoms with E-state index in [4.69, 9.17) is 0 Å². The zero-order chi connectivity index (χ0) is 31.1. The van der Waals surface area contributed by atoms with Gasteiger partial charge in [-0.05, 0) is 47.5 Å². The zero-order valence-corrected chi connectivity index (χ0v) is 28.7. The summed E-state index contributed by atoms with van der Waals surface area (Å²) in [6.07, 6.45) is 12.7. The summed E-state index contributed by atoms with van der Waals surface area (Å²) in [6, 6.07) is 17.6. The highest BCUT2D eigenvalue weighted by Gasteiger charge is 2.05. The van der Waals surface area contributed by atoms with E-state index in [1.165, 1.54) is 27.5 Å². The van der Waals surface area contributed by atoms with Gasteiger partial charge in [0.25, 0.3) is 10.0 Å². The molecule has 2 aromatic carbocycles. The number of rotatable bonds is 14. The Morgan fingerprint density at radius 2 is 1.37 bits per heavy atom. The zero-order valence-electron chi connectivity index (χ0n) is 24.6. The quantitative estimate of drug-likeness (QED) is 0.0541. The number of H-pyrrole nitrogens is 1. The van der Waals surface area contributed by atoms with Gasteiger partial charge in [0, 0.05) is 62.2 Å². The summed E-state index contributed by atoms with van der Waals surface area (Å²) >= 11 is 3.46. The van der Waals surface area contributed by atoms with Crippen LogP contribution in [0.3, 0.4) is 0 Å². The van der Waals surface area contributed by atoms with Crippen LogP contribution in [-0.4, -0.2) is 58.8 Å². The number of benzene rings is 2. The molecular weight excluding hydrogens is 641 g/mol. The van der Waals surface area contributed by atoms with Crippen LogP contribution >= 0.6 is 44.3 Å². The molecular formula is C30H37N4O4S5+. The molecule has 0 bridgehead atoms. The number of nitrogens with one attached hydrogen (secondary N) is 1. The molecule has 0 spiro atoms. The fourth-order valence-corrected chi connectivity index (χ4v) is 7.00. The topological polar surface area (TPSA) is 90.9 Å². The Kier molecular flexibility index (Phi) is 14.8. The van der Waals surface area contributed by atoms with Crippen LogP contribution in [0.1, 0.15) is 21.1 Å². The number of thiazole rings is 2. The van der Waals surface area contributed by atoms with Crippen molar-refractivity contribution in [1.82, 2.24) is 0 Å². The number of aromatic amines is 1. The van der Waals surface area contributed by atoms with Crippen LogP contribution in [0.15, 0.2) is 71.7 Å². The van der Waals surface area contributed by atoms with Gasteiger partial charge in [-0.3, -0.25) is 4.18 Å². The van der Waals surface area contributed by atoms with Crippen molar-refractivity contribution in [1.29, 1.82) is 0 Å². The second kappa shape index (κ2) is 18.2. The van der Waals surface area contributed by atoms with Gasteiger partial charge in [0.05, 0.1) is 17.9 Å². The van der Waals surface area contributed by atoms with Crippen LogP contribution in [0.5, 0.6) is 0 Å². The molecule has 2 heterocycles. The standard InChI is InChI=1S/C29H33N4S4.CH4O4S/c1-31(26-10-4-24(5-11-26)8-14-28-30-16-20-34-28)18-22-36-37-23-19-32(2)27-12-6-25(7-13-27)9-15-29-33(3)17-21-35-29;1-5-6(2,3)4/h4-17,20-21H,18-19,22-23H2,1-3H3;1H3,(H,2,3,4)/q+1;/b14-8+;. The minimum Gasteiger partial charge on any atom is -0.726 e. The van der Waals surface area contributed by atoms with Crippen LogP contribution in [0.4, 0.5) is 11.4 Å². The van der Waals surface area contributed by atoms with E-state index < -0.39 is 10.4 Å². The Balaban J connectivity index is 0.000000765. The Morgan fingerprint density at radius 1 is 0.860 bits per heavy atom. The first-order valence-corrected chi connectivity index (χ1v) is 18.9. The summed E-state index contributed by atoms with van der Waals surface area (Å²) in [5.74, 6) is 2.20. The number of hydrogen-bond donors (Lipinski definition) is 0. The number of anilines is 2. The molecule has 0 aliphatic rings. The highest BCUT2D eigenvalue weighted by Crippen LogP contribution is 2.24. The maximum Gasteiger partial charge on any atom is 0.261 e. The average Bonchev–Trinajstić information content (AvgIpc) is 3.68. The third-order valence-electron chi connectivity index (χ3n) is 6.13. The molecule has 4 aromatic rings. The molecule has 4 rings (SSSR count). The first-order valence-electron chi connectivity index (χ1n) is 13.3. The normalized spacial score (nSPS) is 11.6. The summed E-state index contributed by atoms with van der Waals surface area (Å²) in [7, 11) is 6.73. The monoisotopic (exact) mass is 677 g/mol. The van der Waals surface area contributed by atoms with Crippen LogP contribution in [-0.2, 0) is 21.6 Å². The molecule has 13 heteroatoms. The summed E-state index contributed by atoms with van der Waals surface area (Å²) in [5, 5.41) is 6.57. The minimum atomic E-state index is -4.41. The molecule has 0 saturated carbocycles. The molecule has 230 valence electrons. The molecule has 8 nitrogen and oxygen atoms in total. The Labute approximate surface area is 271 Å². The number of aromatic nitrogens is 2. The van der Waals surface area contributed by atoms with Gasteiger partial charge >= 0.3 is 0 Å². The van der Waals surface area contributed by atoms with E-state index in [0.29, 0.717) is 0 Å². The van der Waals surface area contributed by atoms with Gasteiger partial charge in [-0.1, -0.05) is 68.5 Å². The Bertz CT molecular complexity index is 1520. The SMILES string of the molecule is CN(CCSSCCN(C)c1ccc(/C=C/c2scc[n+]2C)cc1)c1ccc(/C=C/c2[nH+]ccs2)cc1.COS(=O)(=O)[O-]. The number of aryl methyl sites for hydroxylation is 1. The fraction of sp³-hybridized carbons (Fsp3) is 0.267. The molecule has 0 radical (unpaired) electrons. The summed E-state index contributed by atoms with van der Waals surface area (Å²) in [5.41, 5.74) is 4.96. The first-order chi connectivity index (χ1) is 20.6. The highest BCUT2D eigenvalue weighted by molar-refractivity contribution is 8.76. The lowest BCUT2D eigenvalue weighted by Gasteiger charge is -2.20. The van der Waals surface area contributed by atoms with Crippen molar-refractivity contribution in [3.63, 3.8) is 0 Å². The second-order valence-electron chi connectivity index (χ2n) is 9.19. The Morgan fingerprint density at radius 3 is 1.79 bits per heavy atom. The highest BCUT2D eigenvalue weighted by atomic mass is 33.1. The van der Waals surface area contributed by atoms with Crippen molar-refractivity contribution in [2.75, 3.05) is 55.6 Å². The molecule has 0 aliphatic heterocycles. The van der Waals surface area contributed by atoms with E-state index in [0.717, 1.165) is 36.7 Å². The summed E-state index contributed by atoms with van der Waals surface area (Å²) in [6.45, 7) is 2.07. The minimum absolute atomic E-state index is 0.808. The van der Waals surface area contributed by atoms with Gasteiger partial charge in [-0.2, -0.15) is 4.57 Å². The molecule has 0 fully saturated rings. The van der Waals surface area contributed by atoms with Gasteiger partial charge in [0.1, 0.15) is 7.05 Å². The smallest absolute Gasteiger partial charge is 0.261 e. The summed E-state index contributed by atoms with van der Waals surface area (Å²) in [4.78, 5) is 7.87. The van der Waals surface area contributed by atoms with Gasteiger partial charge in [-0.15, -0.1) is 0 Å². The van der Waals surface area contributed by atoms with Crippen molar-refractivity contribution in [3.05, 3.63) is 92.8 Å². The molecule has 1 N–H and O–H groups in total. The molecule has 0 atom stereocenters. The largest absolute Gasteiger partial charge is 0.726 e. The van der Waals surface area contributed by atoms with Crippen LogP contribution in [0, 0.1) is 0 Å². The maximum absolute atomic E-state index is 9.22. The maximum atomic E-state index is 9.22. The van der Waals surface area contributed by atoms with E-state index in [1.54, 1.807) is 22.7 Å². The lowest BCUT2D eigenvalue weighted by Crippen LogP contribution is -2.26. The second-order valence-corrected chi connectivity index (χ2v) is 14.9. The molecule has 0 amide bonds. The van der Waals surface area contributed by atoms with Gasteiger partial charge in [0.2, 0.25) is 10.4 Å². The van der Waals surface area contributed by atoms with Crippen LogP contribution < -0.4 is 19.4 Å². The molecule has 43 heavy (non-hydrogen) atoms. The molecule has 0 aliphatic carbocycles. The van der Waals surface area contributed by atoms with E-state index in [2.05, 4.69) is 134 Å². The van der Waals surface area contributed by atoms with Crippen molar-refractivity contribution >= 4 is 90.3 Å². The number of nitrogens with zero attached hydrogens (tertiary/aromatic N) is 3. The van der Waals surface area contributed by atoms with Crippen LogP contribution in [0.25, 0.3) is 24.3 Å². The van der Waals surface area contributed by atoms with Crippen molar-refractivity contribution in [2.45, 2.75) is 0 Å². The first kappa shape index (κ1) is 34.8. The lowest BCUT2D eigenvalue weighted by molar-refractivity contribution is -0.668. The molecule has 0 saturated heterocycles. The fourth-order valence-electron chi connectivity index (χ4n) is 3.59. The third-order valence-corrected chi connectivity index (χ3v) is 10.6. The third kappa shape index (κ3) is 13.3. The predicted octanol–water partition coefficient (Wildman–Crippen LogP) is 5.84. The van der Waals surface area contributed by atoms with Gasteiger partial charge in [0.15, 0.2) is 12.4 Å². The average molecular weight is 678 g/mol. The van der Waals surface area contributed by atoms with Crippen molar-refractivity contribution < 1.29 is 26.7 Å². The van der Waals surface area contributed by atoms with Crippen molar-refractivity contribution in [3.8, 4) is 0 Å². The van der Waals surface area contributed by atoms with Crippen LogP contribution in [0.2, 0.25) is 0 Å². The van der Waals surface area contributed by atoms with E-state index >= 15 is 0 Å². The molecule has 0 unspecified atom stereocenters. The molecule has 2 aromatic heterocycles. The lowest BCUT2D eigenvalue weighted by atomic mass is 10.2. The Hall–Kier alpha value is -2.65. The van der Waals surface area contributed by atoms with Gasteiger partial charge in [-0.25, -0.2) is 13.4 Å².